The average molecular weight is 309 g/mol. The summed E-state index contributed by atoms with van der Waals surface area (Å²) in [5.74, 6) is -0.214. The molecule has 1 N–H and O–H groups in total. The molecular formula is C18H19N3O2. The first-order valence-electron chi connectivity index (χ1n) is 7.48. The summed E-state index contributed by atoms with van der Waals surface area (Å²) in [5, 5.41) is 2.87. The van der Waals surface area contributed by atoms with Gasteiger partial charge in [0.2, 0.25) is 5.91 Å². The molecule has 5 heteroatoms. The molecule has 0 bridgehead atoms. The SMILES string of the molecule is Cc1cc(C)cc(NC(=O)Cn2c(=O)n(C)c3ccccc32)c1. The van der Waals surface area contributed by atoms with Crippen LogP contribution in [0.25, 0.3) is 11.0 Å². The fourth-order valence-electron chi connectivity index (χ4n) is 2.91. The van der Waals surface area contributed by atoms with E-state index in [4.69, 9.17) is 0 Å². The molecule has 0 saturated carbocycles. The number of imidazole rings is 1. The maximum atomic E-state index is 12.3. The number of aromatic nitrogens is 2. The number of hydrogen-bond acceptors (Lipinski definition) is 2. The van der Waals surface area contributed by atoms with E-state index in [1.807, 2.05) is 56.3 Å². The molecule has 0 radical (unpaired) electrons. The zero-order valence-corrected chi connectivity index (χ0v) is 13.5. The number of hydrogen-bond donors (Lipinski definition) is 1. The maximum Gasteiger partial charge on any atom is 0.329 e. The van der Waals surface area contributed by atoms with E-state index in [9.17, 15) is 9.59 Å². The molecular weight excluding hydrogens is 290 g/mol. The van der Waals surface area contributed by atoms with E-state index in [1.54, 1.807) is 11.6 Å². The molecule has 1 aromatic heterocycles. The van der Waals surface area contributed by atoms with E-state index < -0.39 is 0 Å². The van der Waals surface area contributed by atoms with Crippen LogP contribution in [0.5, 0.6) is 0 Å². The number of nitrogens with zero attached hydrogens (tertiary/aromatic N) is 2. The van der Waals surface area contributed by atoms with Gasteiger partial charge in [-0.05, 0) is 49.2 Å². The van der Waals surface area contributed by atoms with Crippen LogP contribution in [0.3, 0.4) is 0 Å². The Bertz CT molecular complexity index is 930. The Hall–Kier alpha value is -2.82. The Labute approximate surface area is 134 Å². The minimum Gasteiger partial charge on any atom is -0.325 e. The number of aryl methyl sites for hydroxylation is 3. The second-order valence-corrected chi connectivity index (χ2v) is 5.84. The van der Waals surface area contributed by atoms with E-state index in [-0.39, 0.29) is 18.1 Å². The first-order chi connectivity index (χ1) is 11.0. The second kappa shape index (κ2) is 5.76. The van der Waals surface area contributed by atoms with Crippen LogP contribution in [0, 0.1) is 13.8 Å². The number of carbonyl (C=O) groups is 1. The number of amides is 1. The van der Waals surface area contributed by atoms with Crippen molar-refractivity contribution in [2.75, 3.05) is 5.32 Å². The van der Waals surface area contributed by atoms with Crippen LogP contribution < -0.4 is 11.0 Å². The van der Waals surface area contributed by atoms with Crippen LogP contribution in [-0.2, 0) is 18.4 Å². The van der Waals surface area contributed by atoms with Gasteiger partial charge in [0.25, 0.3) is 0 Å². The van der Waals surface area contributed by atoms with E-state index in [0.29, 0.717) is 0 Å². The van der Waals surface area contributed by atoms with Crippen LogP contribution in [-0.4, -0.2) is 15.0 Å². The lowest BCUT2D eigenvalue weighted by molar-refractivity contribution is -0.116. The molecule has 0 spiro atoms. The van der Waals surface area contributed by atoms with Crippen LogP contribution >= 0.6 is 0 Å². The van der Waals surface area contributed by atoms with Crippen molar-refractivity contribution in [2.45, 2.75) is 20.4 Å². The smallest absolute Gasteiger partial charge is 0.325 e. The maximum absolute atomic E-state index is 12.3. The summed E-state index contributed by atoms with van der Waals surface area (Å²) >= 11 is 0. The van der Waals surface area contributed by atoms with E-state index in [2.05, 4.69) is 5.32 Å². The monoisotopic (exact) mass is 309 g/mol. The van der Waals surface area contributed by atoms with Gasteiger partial charge in [-0.2, -0.15) is 0 Å². The molecule has 0 fully saturated rings. The fraction of sp³-hybridized carbons (Fsp3) is 0.222. The van der Waals surface area contributed by atoms with Crippen molar-refractivity contribution in [3.8, 4) is 0 Å². The predicted molar refractivity (Wildman–Crippen MR) is 91.7 cm³/mol. The quantitative estimate of drug-likeness (QED) is 0.808. The Morgan fingerprint density at radius 3 is 2.30 bits per heavy atom. The van der Waals surface area contributed by atoms with Crippen molar-refractivity contribution >= 4 is 22.6 Å². The summed E-state index contributed by atoms with van der Waals surface area (Å²) in [5.41, 5.74) is 4.31. The van der Waals surface area contributed by atoms with Gasteiger partial charge in [0.1, 0.15) is 6.54 Å². The molecule has 0 unspecified atom stereocenters. The Balaban J connectivity index is 1.89. The first-order valence-corrected chi connectivity index (χ1v) is 7.48. The molecule has 1 amide bonds. The van der Waals surface area contributed by atoms with Gasteiger partial charge in [0.15, 0.2) is 0 Å². The zero-order chi connectivity index (χ0) is 16.6. The fourth-order valence-corrected chi connectivity index (χ4v) is 2.91. The number of anilines is 1. The molecule has 0 aliphatic heterocycles. The lowest BCUT2D eigenvalue weighted by Gasteiger charge is -2.08. The summed E-state index contributed by atoms with van der Waals surface area (Å²) in [6.45, 7) is 3.96. The highest BCUT2D eigenvalue weighted by Gasteiger charge is 2.13. The zero-order valence-electron chi connectivity index (χ0n) is 13.5. The minimum absolute atomic E-state index is 0.00677. The summed E-state index contributed by atoms with van der Waals surface area (Å²) in [7, 11) is 1.71. The van der Waals surface area contributed by atoms with Gasteiger partial charge in [-0.25, -0.2) is 4.79 Å². The topological polar surface area (TPSA) is 56.0 Å². The molecule has 2 aromatic carbocycles. The molecule has 23 heavy (non-hydrogen) atoms. The van der Waals surface area contributed by atoms with E-state index in [0.717, 1.165) is 27.8 Å². The molecule has 118 valence electrons. The van der Waals surface area contributed by atoms with Crippen molar-refractivity contribution in [1.29, 1.82) is 0 Å². The van der Waals surface area contributed by atoms with Crippen LogP contribution in [0.4, 0.5) is 5.69 Å². The third-order valence-corrected chi connectivity index (χ3v) is 3.86. The Kier molecular flexibility index (Phi) is 3.78. The van der Waals surface area contributed by atoms with Gasteiger partial charge in [-0.15, -0.1) is 0 Å². The number of nitrogens with one attached hydrogen (secondary N) is 1. The summed E-state index contributed by atoms with van der Waals surface area (Å²) in [4.78, 5) is 24.7. The average Bonchev–Trinajstić information content (AvgIpc) is 2.72. The molecule has 5 nitrogen and oxygen atoms in total. The third-order valence-electron chi connectivity index (χ3n) is 3.86. The summed E-state index contributed by atoms with van der Waals surface area (Å²) < 4.78 is 3.05. The Morgan fingerprint density at radius 1 is 1.04 bits per heavy atom. The van der Waals surface area contributed by atoms with E-state index in [1.165, 1.54) is 4.57 Å². The molecule has 3 rings (SSSR count). The predicted octanol–water partition coefficient (Wildman–Crippen LogP) is 2.60. The number of carbonyl (C=O) groups excluding carboxylic acids is 1. The molecule has 0 atom stereocenters. The second-order valence-electron chi connectivity index (χ2n) is 5.84. The van der Waals surface area contributed by atoms with Gasteiger partial charge < -0.3 is 5.32 Å². The highest BCUT2D eigenvalue weighted by atomic mass is 16.2. The van der Waals surface area contributed by atoms with Gasteiger partial charge in [-0.3, -0.25) is 13.9 Å². The minimum atomic E-state index is -0.214. The summed E-state index contributed by atoms with van der Waals surface area (Å²) in [6.07, 6.45) is 0. The van der Waals surface area contributed by atoms with E-state index >= 15 is 0 Å². The first kappa shape index (κ1) is 15.1. The normalized spacial score (nSPS) is 10.9. The van der Waals surface area contributed by atoms with Gasteiger partial charge in [0, 0.05) is 12.7 Å². The van der Waals surface area contributed by atoms with Crippen molar-refractivity contribution in [3.05, 3.63) is 64.1 Å². The van der Waals surface area contributed by atoms with Gasteiger partial charge in [0.05, 0.1) is 11.0 Å². The van der Waals surface area contributed by atoms with Crippen molar-refractivity contribution in [3.63, 3.8) is 0 Å². The van der Waals surface area contributed by atoms with Gasteiger partial charge in [-0.1, -0.05) is 18.2 Å². The largest absolute Gasteiger partial charge is 0.329 e. The van der Waals surface area contributed by atoms with Crippen molar-refractivity contribution in [2.24, 2.45) is 7.05 Å². The highest BCUT2D eigenvalue weighted by molar-refractivity contribution is 5.91. The summed E-state index contributed by atoms with van der Waals surface area (Å²) in [6, 6.07) is 13.3. The van der Waals surface area contributed by atoms with Crippen molar-refractivity contribution < 1.29 is 4.79 Å². The third kappa shape index (κ3) is 2.90. The highest BCUT2D eigenvalue weighted by Crippen LogP contribution is 2.15. The molecule has 0 aliphatic carbocycles. The van der Waals surface area contributed by atoms with Crippen LogP contribution in [0.2, 0.25) is 0 Å². The van der Waals surface area contributed by atoms with Crippen LogP contribution in [0.15, 0.2) is 47.3 Å². The van der Waals surface area contributed by atoms with Crippen LogP contribution in [0.1, 0.15) is 11.1 Å². The lowest BCUT2D eigenvalue weighted by atomic mass is 10.1. The number of para-hydroxylation sites is 2. The lowest BCUT2D eigenvalue weighted by Crippen LogP contribution is -2.28. The molecule has 0 saturated heterocycles. The molecule has 0 aliphatic rings. The number of fused-ring (bicyclic) bond motifs is 1. The standard InChI is InChI=1S/C18H19N3O2/c1-12-8-13(2)10-14(9-12)19-17(22)11-21-16-7-5-4-6-15(16)20(3)18(21)23/h4-10H,11H2,1-3H3,(H,19,22). The van der Waals surface area contributed by atoms with Gasteiger partial charge >= 0.3 is 5.69 Å². The molecule has 1 heterocycles. The van der Waals surface area contributed by atoms with Crippen molar-refractivity contribution in [1.82, 2.24) is 9.13 Å². The number of rotatable bonds is 3. The Morgan fingerprint density at radius 2 is 1.65 bits per heavy atom. The number of benzene rings is 2. The molecule has 3 aromatic rings.